The number of nitrogens with zero attached hydrogens (tertiary/aromatic N) is 2. The van der Waals surface area contributed by atoms with E-state index in [0.717, 1.165) is 12.4 Å². The lowest BCUT2D eigenvalue weighted by Gasteiger charge is -2.11. The van der Waals surface area contributed by atoms with Crippen molar-refractivity contribution in [2.75, 3.05) is 5.32 Å². The Balaban J connectivity index is 1.95. The van der Waals surface area contributed by atoms with Gasteiger partial charge in [0.15, 0.2) is 0 Å². The molecule has 1 saturated carbocycles. The average molecular weight is 191 g/mol. The third kappa shape index (κ3) is 2.22. The minimum atomic E-state index is 0.600. The molecule has 1 fully saturated rings. The lowest BCUT2D eigenvalue weighted by molar-refractivity contribution is 0.743. The summed E-state index contributed by atoms with van der Waals surface area (Å²) < 4.78 is 0. The van der Waals surface area contributed by atoms with Gasteiger partial charge in [-0.15, -0.1) is 0 Å². The van der Waals surface area contributed by atoms with Gasteiger partial charge in [-0.1, -0.05) is 19.8 Å². The van der Waals surface area contributed by atoms with Gasteiger partial charge in [-0.2, -0.15) is 0 Å². The molecule has 0 saturated heterocycles. The van der Waals surface area contributed by atoms with Crippen LogP contribution in [0, 0.1) is 0 Å². The van der Waals surface area contributed by atoms with Crippen molar-refractivity contribution < 1.29 is 0 Å². The molecule has 0 bridgehead atoms. The molecule has 2 rings (SSSR count). The van der Waals surface area contributed by atoms with E-state index >= 15 is 0 Å². The summed E-state index contributed by atoms with van der Waals surface area (Å²) in [5.74, 6) is 0.786. The van der Waals surface area contributed by atoms with E-state index in [0.29, 0.717) is 6.04 Å². The fourth-order valence-electron chi connectivity index (χ4n) is 1.86. The van der Waals surface area contributed by atoms with E-state index < -0.39 is 0 Å². The van der Waals surface area contributed by atoms with Crippen LogP contribution in [0.25, 0.3) is 0 Å². The van der Waals surface area contributed by atoms with Gasteiger partial charge in [0.1, 0.15) is 0 Å². The molecule has 3 heteroatoms. The minimum absolute atomic E-state index is 0.600. The third-order valence-corrected chi connectivity index (χ3v) is 2.80. The Morgan fingerprint density at radius 1 is 1.29 bits per heavy atom. The molecular formula is C11H17N3. The Hall–Kier alpha value is -1.12. The zero-order chi connectivity index (χ0) is 9.80. The summed E-state index contributed by atoms with van der Waals surface area (Å²) in [6.45, 7) is 2.11. The monoisotopic (exact) mass is 191 g/mol. The number of hydrogen-bond donors (Lipinski definition) is 1. The maximum absolute atomic E-state index is 4.29. The Morgan fingerprint density at radius 2 is 1.93 bits per heavy atom. The zero-order valence-electron chi connectivity index (χ0n) is 8.66. The molecule has 0 spiro atoms. The van der Waals surface area contributed by atoms with Gasteiger partial charge in [0.2, 0.25) is 5.95 Å². The Kier molecular flexibility index (Phi) is 2.96. The summed E-state index contributed by atoms with van der Waals surface area (Å²) in [4.78, 5) is 8.58. The van der Waals surface area contributed by atoms with Gasteiger partial charge in [-0.3, -0.25) is 0 Å². The minimum Gasteiger partial charge on any atom is -0.351 e. The smallest absolute Gasteiger partial charge is 0.222 e. The summed E-state index contributed by atoms with van der Waals surface area (Å²) in [5.41, 5.74) is 1.20. The molecule has 1 heterocycles. The topological polar surface area (TPSA) is 37.8 Å². The van der Waals surface area contributed by atoms with Crippen LogP contribution in [0.2, 0.25) is 0 Å². The molecule has 76 valence electrons. The van der Waals surface area contributed by atoms with Gasteiger partial charge in [0.05, 0.1) is 0 Å². The molecule has 0 aliphatic heterocycles. The molecule has 0 aromatic carbocycles. The SMILES string of the molecule is CCc1cnc(NC2CCCC2)nc1. The normalized spacial score (nSPS) is 17.2. The van der Waals surface area contributed by atoms with E-state index in [1.54, 1.807) is 0 Å². The van der Waals surface area contributed by atoms with Crippen LogP contribution in [0.1, 0.15) is 38.2 Å². The van der Waals surface area contributed by atoms with Gasteiger partial charge >= 0.3 is 0 Å². The largest absolute Gasteiger partial charge is 0.351 e. The molecule has 1 aliphatic rings. The molecule has 0 atom stereocenters. The quantitative estimate of drug-likeness (QED) is 0.797. The van der Waals surface area contributed by atoms with E-state index in [2.05, 4.69) is 22.2 Å². The van der Waals surface area contributed by atoms with Crippen LogP contribution >= 0.6 is 0 Å². The first kappa shape index (κ1) is 9.44. The van der Waals surface area contributed by atoms with Crippen LogP contribution in [0.4, 0.5) is 5.95 Å². The lowest BCUT2D eigenvalue weighted by atomic mass is 10.2. The standard InChI is InChI=1S/C11H17N3/c1-2-9-7-12-11(13-8-9)14-10-5-3-4-6-10/h7-8,10H,2-6H2,1H3,(H,12,13,14). The van der Waals surface area contributed by atoms with Gasteiger partial charge in [0, 0.05) is 18.4 Å². The van der Waals surface area contributed by atoms with Crippen molar-refractivity contribution in [3.8, 4) is 0 Å². The van der Waals surface area contributed by atoms with Crippen molar-refractivity contribution in [3.63, 3.8) is 0 Å². The fourth-order valence-corrected chi connectivity index (χ4v) is 1.86. The van der Waals surface area contributed by atoms with Crippen molar-refractivity contribution >= 4 is 5.95 Å². The van der Waals surface area contributed by atoms with Crippen LogP contribution in [0.3, 0.4) is 0 Å². The maximum atomic E-state index is 4.29. The first-order valence-corrected chi connectivity index (χ1v) is 5.46. The first-order chi connectivity index (χ1) is 6.88. The van der Waals surface area contributed by atoms with Crippen molar-refractivity contribution in [2.24, 2.45) is 0 Å². The van der Waals surface area contributed by atoms with Crippen molar-refractivity contribution in [2.45, 2.75) is 45.1 Å². The highest BCUT2D eigenvalue weighted by Gasteiger charge is 2.14. The lowest BCUT2D eigenvalue weighted by Crippen LogP contribution is -2.16. The fraction of sp³-hybridized carbons (Fsp3) is 0.636. The van der Waals surface area contributed by atoms with Crippen molar-refractivity contribution in [1.29, 1.82) is 0 Å². The van der Waals surface area contributed by atoms with Gasteiger partial charge in [0.25, 0.3) is 0 Å². The van der Waals surface area contributed by atoms with Crippen LogP contribution < -0.4 is 5.32 Å². The summed E-state index contributed by atoms with van der Waals surface area (Å²) >= 11 is 0. The molecule has 1 N–H and O–H groups in total. The summed E-state index contributed by atoms with van der Waals surface area (Å²) in [6, 6.07) is 0.600. The van der Waals surface area contributed by atoms with Crippen LogP contribution in [0.15, 0.2) is 12.4 Å². The van der Waals surface area contributed by atoms with Crippen molar-refractivity contribution in [1.82, 2.24) is 9.97 Å². The highest BCUT2D eigenvalue weighted by Crippen LogP contribution is 2.20. The zero-order valence-corrected chi connectivity index (χ0v) is 8.66. The number of aromatic nitrogens is 2. The summed E-state index contributed by atoms with van der Waals surface area (Å²) in [6.07, 6.45) is 10.0. The maximum Gasteiger partial charge on any atom is 0.222 e. The molecule has 1 aliphatic carbocycles. The van der Waals surface area contributed by atoms with Crippen molar-refractivity contribution in [3.05, 3.63) is 18.0 Å². The van der Waals surface area contributed by atoms with E-state index in [1.807, 2.05) is 12.4 Å². The highest BCUT2D eigenvalue weighted by molar-refractivity contribution is 5.26. The van der Waals surface area contributed by atoms with E-state index in [4.69, 9.17) is 0 Å². The Morgan fingerprint density at radius 3 is 2.50 bits per heavy atom. The molecule has 1 aromatic heterocycles. The third-order valence-electron chi connectivity index (χ3n) is 2.80. The highest BCUT2D eigenvalue weighted by atomic mass is 15.1. The van der Waals surface area contributed by atoms with E-state index in [-0.39, 0.29) is 0 Å². The molecule has 0 unspecified atom stereocenters. The number of nitrogens with one attached hydrogen (secondary N) is 1. The van der Waals surface area contributed by atoms with E-state index in [1.165, 1.54) is 31.2 Å². The van der Waals surface area contributed by atoms with Crippen LogP contribution in [-0.4, -0.2) is 16.0 Å². The predicted molar refractivity (Wildman–Crippen MR) is 57.3 cm³/mol. The average Bonchev–Trinajstić information content (AvgIpc) is 2.72. The Bertz CT molecular complexity index is 275. The molecule has 3 nitrogen and oxygen atoms in total. The second kappa shape index (κ2) is 4.40. The second-order valence-corrected chi connectivity index (χ2v) is 3.89. The number of rotatable bonds is 3. The van der Waals surface area contributed by atoms with Gasteiger partial charge in [-0.05, 0) is 24.8 Å². The predicted octanol–water partition coefficient (Wildman–Crippen LogP) is 2.39. The van der Waals surface area contributed by atoms with E-state index in [9.17, 15) is 0 Å². The Labute approximate surface area is 85.0 Å². The van der Waals surface area contributed by atoms with Gasteiger partial charge in [-0.25, -0.2) is 9.97 Å². The summed E-state index contributed by atoms with van der Waals surface area (Å²) in [5, 5.41) is 3.37. The van der Waals surface area contributed by atoms with Gasteiger partial charge < -0.3 is 5.32 Å². The number of anilines is 1. The molecule has 0 amide bonds. The number of hydrogen-bond acceptors (Lipinski definition) is 3. The van der Waals surface area contributed by atoms with Crippen LogP contribution in [0.5, 0.6) is 0 Å². The first-order valence-electron chi connectivity index (χ1n) is 5.46. The number of aryl methyl sites for hydroxylation is 1. The second-order valence-electron chi connectivity index (χ2n) is 3.89. The molecule has 1 aromatic rings. The summed E-state index contributed by atoms with van der Waals surface area (Å²) in [7, 11) is 0. The molecule has 0 radical (unpaired) electrons. The van der Waals surface area contributed by atoms with Crippen LogP contribution in [-0.2, 0) is 6.42 Å². The molecular weight excluding hydrogens is 174 g/mol. The molecule has 14 heavy (non-hydrogen) atoms.